The predicted octanol–water partition coefficient (Wildman–Crippen LogP) is 2.19. The van der Waals surface area contributed by atoms with Gasteiger partial charge in [-0.15, -0.1) is 12.4 Å². The molecule has 26 heavy (non-hydrogen) atoms. The lowest BCUT2D eigenvalue weighted by Gasteiger charge is -2.08. The molecule has 138 valence electrons. The van der Waals surface area contributed by atoms with E-state index < -0.39 is 5.97 Å². The zero-order valence-corrected chi connectivity index (χ0v) is 15.0. The molecule has 0 saturated heterocycles. The van der Waals surface area contributed by atoms with Crippen molar-refractivity contribution in [1.29, 1.82) is 5.41 Å². The molecule has 0 fully saturated rings. The Bertz CT molecular complexity index is 761. The van der Waals surface area contributed by atoms with Gasteiger partial charge in [-0.1, -0.05) is 36.4 Å². The van der Waals surface area contributed by atoms with Crippen LogP contribution in [0.2, 0.25) is 0 Å². The molecule has 0 aliphatic carbocycles. The monoisotopic (exact) mass is 377 g/mol. The second-order valence-electron chi connectivity index (χ2n) is 5.19. The molecular weight excluding hydrogens is 358 g/mol. The fraction of sp³-hybridized carbons (Fsp3) is 0.167. The minimum atomic E-state index is -0.534. The van der Waals surface area contributed by atoms with Gasteiger partial charge in [0.1, 0.15) is 19.0 Å². The Kier molecular flexibility index (Phi) is 8.27. The van der Waals surface area contributed by atoms with Crippen molar-refractivity contribution in [2.45, 2.75) is 0 Å². The molecule has 2 aromatic carbocycles. The van der Waals surface area contributed by atoms with E-state index in [1.54, 1.807) is 24.3 Å². The SMILES string of the molecule is COC(=O)COCC(=O)Nc1ccc(-c2ccc(C(=N)N)cc2)cc1.Cl. The molecule has 0 aliphatic heterocycles. The largest absolute Gasteiger partial charge is 0.467 e. The fourth-order valence-electron chi connectivity index (χ4n) is 2.07. The highest BCUT2D eigenvalue weighted by atomic mass is 35.5. The van der Waals surface area contributed by atoms with Crippen molar-refractivity contribution in [1.82, 2.24) is 0 Å². The van der Waals surface area contributed by atoms with Gasteiger partial charge in [-0.25, -0.2) is 4.79 Å². The number of amides is 1. The fourth-order valence-corrected chi connectivity index (χ4v) is 2.07. The second-order valence-corrected chi connectivity index (χ2v) is 5.19. The van der Waals surface area contributed by atoms with Gasteiger partial charge in [0.2, 0.25) is 5.91 Å². The molecule has 1 amide bonds. The number of benzene rings is 2. The Balaban J connectivity index is 0.00000338. The maximum absolute atomic E-state index is 11.7. The van der Waals surface area contributed by atoms with E-state index in [9.17, 15) is 9.59 Å². The number of nitrogen functional groups attached to an aromatic ring is 1. The Labute approximate surface area is 157 Å². The summed E-state index contributed by atoms with van der Waals surface area (Å²) in [5.41, 5.74) is 8.67. The zero-order valence-electron chi connectivity index (χ0n) is 14.2. The van der Waals surface area contributed by atoms with Crippen LogP contribution >= 0.6 is 12.4 Å². The highest BCUT2D eigenvalue weighted by molar-refractivity contribution is 5.95. The first-order valence-corrected chi connectivity index (χ1v) is 7.49. The molecule has 0 saturated carbocycles. The van der Waals surface area contributed by atoms with Gasteiger partial charge in [-0.2, -0.15) is 0 Å². The van der Waals surface area contributed by atoms with Crippen LogP contribution in [0.25, 0.3) is 11.1 Å². The highest BCUT2D eigenvalue weighted by Gasteiger charge is 2.06. The van der Waals surface area contributed by atoms with Gasteiger partial charge < -0.3 is 20.5 Å². The Hall–Kier alpha value is -2.90. The standard InChI is InChI=1S/C18H19N3O4.ClH/c1-24-17(23)11-25-10-16(22)21-15-8-6-13(7-9-15)12-2-4-14(5-3-12)18(19)20;/h2-9H,10-11H2,1H3,(H3,19,20)(H,21,22);1H. The van der Waals surface area contributed by atoms with Crippen LogP contribution in [-0.2, 0) is 19.1 Å². The van der Waals surface area contributed by atoms with Gasteiger partial charge in [0, 0.05) is 11.3 Å². The summed E-state index contributed by atoms with van der Waals surface area (Å²) in [7, 11) is 1.25. The number of ether oxygens (including phenoxy) is 2. The summed E-state index contributed by atoms with van der Waals surface area (Å²) in [5, 5.41) is 10.1. The average Bonchev–Trinajstić information content (AvgIpc) is 2.62. The van der Waals surface area contributed by atoms with Gasteiger partial charge in [0.05, 0.1) is 7.11 Å². The van der Waals surface area contributed by atoms with E-state index in [4.69, 9.17) is 15.9 Å². The molecule has 2 aromatic rings. The number of rotatable bonds is 7. The van der Waals surface area contributed by atoms with Crippen LogP contribution in [0.3, 0.4) is 0 Å². The third-order valence-corrected chi connectivity index (χ3v) is 3.38. The second kappa shape index (κ2) is 10.2. The van der Waals surface area contributed by atoms with E-state index in [-0.39, 0.29) is 37.4 Å². The molecule has 0 atom stereocenters. The zero-order chi connectivity index (χ0) is 18.2. The number of nitrogens with one attached hydrogen (secondary N) is 2. The minimum absolute atomic E-state index is 0. The van der Waals surface area contributed by atoms with Crippen molar-refractivity contribution < 1.29 is 19.1 Å². The molecule has 8 heteroatoms. The van der Waals surface area contributed by atoms with Gasteiger partial charge in [0.25, 0.3) is 0 Å². The average molecular weight is 378 g/mol. The van der Waals surface area contributed by atoms with Crippen LogP contribution in [0.15, 0.2) is 48.5 Å². The number of anilines is 1. The van der Waals surface area contributed by atoms with Crippen LogP contribution in [0.5, 0.6) is 0 Å². The summed E-state index contributed by atoms with van der Waals surface area (Å²) in [6, 6.07) is 14.6. The van der Waals surface area contributed by atoms with Crippen LogP contribution in [0, 0.1) is 5.41 Å². The van der Waals surface area contributed by atoms with Gasteiger partial charge in [0.15, 0.2) is 0 Å². The predicted molar refractivity (Wildman–Crippen MR) is 102 cm³/mol. The van der Waals surface area contributed by atoms with Crippen molar-refractivity contribution >= 4 is 35.8 Å². The first-order chi connectivity index (χ1) is 12.0. The Morgan fingerprint density at radius 3 is 2.04 bits per heavy atom. The van der Waals surface area contributed by atoms with Crippen LogP contribution in [-0.4, -0.2) is 38.0 Å². The van der Waals surface area contributed by atoms with E-state index in [1.807, 2.05) is 24.3 Å². The Morgan fingerprint density at radius 1 is 1.00 bits per heavy atom. The molecule has 7 nitrogen and oxygen atoms in total. The van der Waals surface area contributed by atoms with Crippen molar-refractivity contribution in [3.05, 3.63) is 54.1 Å². The van der Waals surface area contributed by atoms with E-state index >= 15 is 0 Å². The molecule has 0 radical (unpaired) electrons. The topological polar surface area (TPSA) is 114 Å². The molecule has 0 bridgehead atoms. The first-order valence-electron chi connectivity index (χ1n) is 7.49. The number of carbonyl (C=O) groups excluding carboxylic acids is 2. The number of hydrogen-bond donors (Lipinski definition) is 3. The van der Waals surface area contributed by atoms with Crippen molar-refractivity contribution in [3.63, 3.8) is 0 Å². The number of hydrogen-bond acceptors (Lipinski definition) is 5. The summed E-state index contributed by atoms with van der Waals surface area (Å²) in [4.78, 5) is 22.6. The molecule has 0 aliphatic rings. The number of halogens is 1. The summed E-state index contributed by atoms with van der Waals surface area (Å²) < 4.78 is 9.34. The number of nitrogens with two attached hydrogens (primary N) is 1. The summed E-state index contributed by atoms with van der Waals surface area (Å²) in [6.45, 7) is -0.498. The first kappa shape index (κ1) is 21.1. The number of amidine groups is 1. The van der Waals surface area contributed by atoms with E-state index in [0.717, 1.165) is 11.1 Å². The lowest BCUT2D eigenvalue weighted by molar-refractivity contribution is -0.146. The molecule has 0 heterocycles. The molecule has 0 unspecified atom stereocenters. The Morgan fingerprint density at radius 2 is 1.54 bits per heavy atom. The van der Waals surface area contributed by atoms with E-state index in [1.165, 1.54) is 7.11 Å². The van der Waals surface area contributed by atoms with Crippen LogP contribution in [0.4, 0.5) is 5.69 Å². The van der Waals surface area contributed by atoms with Gasteiger partial charge >= 0.3 is 5.97 Å². The quantitative estimate of drug-likeness (QED) is 0.388. The third kappa shape index (κ3) is 6.19. The van der Waals surface area contributed by atoms with Gasteiger partial charge in [-0.3, -0.25) is 10.2 Å². The smallest absolute Gasteiger partial charge is 0.331 e. The van der Waals surface area contributed by atoms with Crippen LogP contribution in [0.1, 0.15) is 5.56 Å². The van der Waals surface area contributed by atoms with Gasteiger partial charge in [-0.05, 0) is 23.3 Å². The molecule has 0 aromatic heterocycles. The van der Waals surface area contributed by atoms with Crippen LogP contribution < -0.4 is 11.1 Å². The minimum Gasteiger partial charge on any atom is -0.467 e. The summed E-state index contributed by atoms with van der Waals surface area (Å²) in [5.74, 6) is -0.866. The summed E-state index contributed by atoms with van der Waals surface area (Å²) in [6.07, 6.45) is 0. The van der Waals surface area contributed by atoms with Crippen molar-refractivity contribution in [2.24, 2.45) is 5.73 Å². The number of esters is 1. The molecule has 0 spiro atoms. The maximum Gasteiger partial charge on any atom is 0.331 e. The van der Waals surface area contributed by atoms with E-state index in [2.05, 4.69) is 10.1 Å². The molecule has 2 rings (SSSR count). The number of methoxy groups -OCH3 is 1. The normalized spacial score (nSPS) is 9.73. The lowest BCUT2D eigenvalue weighted by atomic mass is 10.0. The van der Waals surface area contributed by atoms with Crippen molar-refractivity contribution in [2.75, 3.05) is 25.6 Å². The van der Waals surface area contributed by atoms with E-state index in [0.29, 0.717) is 11.3 Å². The summed E-state index contributed by atoms with van der Waals surface area (Å²) >= 11 is 0. The van der Waals surface area contributed by atoms with Crippen molar-refractivity contribution in [3.8, 4) is 11.1 Å². The molecular formula is C18H20ClN3O4. The third-order valence-electron chi connectivity index (χ3n) is 3.38. The molecule has 4 N–H and O–H groups in total. The lowest BCUT2D eigenvalue weighted by Crippen LogP contribution is -2.21. The number of carbonyl (C=O) groups is 2. The maximum atomic E-state index is 11.7. The highest BCUT2D eigenvalue weighted by Crippen LogP contribution is 2.21.